The lowest BCUT2D eigenvalue weighted by Gasteiger charge is -2.27. The van der Waals surface area contributed by atoms with Crippen molar-refractivity contribution in [3.63, 3.8) is 0 Å². The summed E-state index contributed by atoms with van der Waals surface area (Å²) in [6.07, 6.45) is 0. The fourth-order valence-electron chi connectivity index (χ4n) is 2.97. The first kappa shape index (κ1) is 14.8. The Morgan fingerprint density at radius 1 is 0.875 bits per heavy atom. The highest BCUT2D eigenvalue weighted by Crippen LogP contribution is 2.44. The highest BCUT2D eigenvalue weighted by molar-refractivity contribution is 6.30. The second-order valence-corrected chi connectivity index (χ2v) is 6.05. The lowest BCUT2D eigenvalue weighted by molar-refractivity contribution is -0.116. The first-order valence-electron chi connectivity index (χ1n) is 7.64. The lowest BCUT2D eigenvalue weighted by Crippen LogP contribution is -2.25. The van der Waals surface area contributed by atoms with Crippen LogP contribution in [0.4, 0.5) is 5.69 Å². The van der Waals surface area contributed by atoms with E-state index < -0.39 is 5.92 Å². The van der Waals surface area contributed by atoms with E-state index in [1.807, 2.05) is 60.7 Å². The third-order valence-electron chi connectivity index (χ3n) is 4.03. The van der Waals surface area contributed by atoms with Crippen molar-refractivity contribution in [2.45, 2.75) is 5.92 Å². The van der Waals surface area contributed by atoms with E-state index in [0.717, 1.165) is 11.1 Å². The fraction of sp³-hybridized carbons (Fsp3) is 0.0500. The van der Waals surface area contributed by atoms with Crippen molar-refractivity contribution in [2.75, 3.05) is 5.32 Å². The van der Waals surface area contributed by atoms with E-state index in [9.17, 15) is 4.79 Å². The number of fused-ring (bicyclic) bond motifs is 2. The van der Waals surface area contributed by atoms with Crippen LogP contribution < -0.4 is 10.1 Å². The average molecular weight is 336 g/mol. The minimum Gasteiger partial charge on any atom is -0.457 e. The molecule has 1 amide bonds. The Morgan fingerprint density at radius 2 is 1.50 bits per heavy atom. The third kappa shape index (κ3) is 2.63. The summed E-state index contributed by atoms with van der Waals surface area (Å²) in [6, 6.07) is 22.4. The van der Waals surface area contributed by atoms with Crippen LogP contribution in [0.5, 0.6) is 11.5 Å². The van der Waals surface area contributed by atoms with Gasteiger partial charge in [0.15, 0.2) is 0 Å². The van der Waals surface area contributed by atoms with Gasteiger partial charge in [0.25, 0.3) is 0 Å². The maximum absolute atomic E-state index is 13.0. The molecule has 118 valence electrons. The SMILES string of the molecule is O=C(Nc1cccc(Cl)c1)C1c2ccccc2Oc2ccccc21. The van der Waals surface area contributed by atoms with E-state index in [0.29, 0.717) is 22.2 Å². The number of hydrogen-bond donors (Lipinski definition) is 1. The number of halogens is 1. The summed E-state index contributed by atoms with van der Waals surface area (Å²) in [5.74, 6) is 0.885. The van der Waals surface area contributed by atoms with Crippen molar-refractivity contribution >= 4 is 23.2 Å². The van der Waals surface area contributed by atoms with Gasteiger partial charge in [0.2, 0.25) is 5.91 Å². The first-order chi connectivity index (χ1) is 11.7. The number of nitrogens with one attached hydrogen (secondary N) is 1. The monoisotopic (exact) mass is 335 g/mol. The van der Waals surface area contributed by atoms with E-state index in [2.05, 4.69) is 5.32 Å². The number of anilines is 1. The Hall–Kier alpha value is -2.78. The molecule has 1 heterocycles. The van der Waals surface area contributed by atoms with Gasteiger partial charge < -0.3 is 10.1 Å². The lowest BCUT2D eigenvalue weighted by atomic mass is 9.87. The third-order valence-corrected chi connectivity index (χ3v) is 4.27. The summed E-state index contributed by atoms with van der Waals surface area (Å²) in [4.78, 5) is 13.0. The fourth-order valence-corrected chi connectivity index (χ4v) is 3.16. The normalized spacial score (nSPS) is 12.7. The number of carbonyl (C=O) groups excluding carboxylic acids is 1. The van der Waals surface area contributed by atoms with Crippen LogP contribution in [-0.4, -0.2) is 5.91 Å². The first-order valence-corrected chi connectivity index (χ1v) is 8.02. The summed E-state index contributed by atoms with van der Waals surface area (Å²) in [5.41, 5.74) is 2.39. The smallest absolute Gasteiger partial charge is 0.236 e. The largest absolute Gasteiger partial charge is 0.457 e. The molecule has 4 rings (SSSR count). The molecule has 1 aliphatic heterocycles. The van der Waals surface area contributed by atoms with Crippen molar-refractivity contribution in [3.8, 4) is 11.5 Å². The number of ether oxygens (including phenoxy) is 1. The molecule has 1 aliphatic rings. The molecule has 0 atom stereocenters. The number of benzene rings is 3. The molecule has 0 saturated carbocycles. The molecule has 0 aromatic heterocycles. The van der Waals surface area contributed by atoms with Gasteiger partial charge >= 0.3 is 0 Å². The standard InChI is InChI=1S/C20H14ClNO2/c21-13-6-5-7-14(12-13)22-20(23)19-15-8-1-3-10-17(15)24-18-11-4-2-9-16(18)19/h1-12,19H,(H,22,23). The average Bonchev–Trinajstić information content (AvgIpc) is 2.59. The highest BCUT2D eigenvalue weighted by atomic mass is 35.5. The van der Waals surface area contributed by atoms with Gasteiger partial charge in [-0.3, -0.25) is 4.79 Å². The van der Waals surface area contributed by atoms with Gasteiger partial charge in [-0.05, 0) is 30.3 Å². The van der Waals surface area contributed by atoms with Crippen LogP contribution in [0.3, 0.4) is 0 Å². The molecular formula is C20H14ClNO2. The molecule has 1 N–H and O–H groups in total. The number of rotatable bonds is 2. The molecule has 0 radical (unpaired) electrons. The minimum absolute atomic E-state index is 0.111. The molecule has 3 nitrogen and oxygen atoms in total. The molecule has 0 aliphatic carbocycles. The van der Waals surface area contributed by atoms with E-state index in [4.69, 9.17) is 16.3 Å². The van der Waals surface area contributed by atoms with Crippen LogP contribution in [-0.2, 0) is 4.79 Å². The topological polar surface area (TPSA) is 38.3 Å². The molecule has 0 spiro atoms. The predicted molar refractivity (Wildman–Crippen MR) is 94.9 cm³/mol. The Labute approximate surface area is 144 Å². The number of carbonyl (C=O) groups is 1. The molecule has 24 heavy (non-hydrogen) atoms. The van der Waals surface area contributed by atoms with Crippen LogP contribution >= 0.6 is 11.6 Å². The summed E-state index contributed by atoms with van der Waals surface area (Å²) in [6.45, 7) is 0. The second kappa shape index (κ2) is 6.02. The quantitative estimate of drug-likeness (QED) is 0.697. The van der Waals surface area contributed by atoms with E-state index in [1.165, 1.54) is 0 Å². The zero-order valence-corrected chi connectivity index (χ0v) is 13.5. The van der Waals surface area contributed by atoms with E-state index >= 15 is 0 Å². The van der Waals surface area contributed by atoms with Crippen LogP contribution in [0.2, 0.25) is 5.02 Å². The van der Waals surface area contributed by atoms with Gasteiger partial charge in [-0.15, -0.1) is 0 Å². The highest BCUT2D eigenvalue weighted by Gasteiger charge is 2.32. The van der Waals surface area contributed by atoms with Crippen LogP contribution in [0, 0.1) is 0 Å². The summed E-state index contributed by atoms with van der Waals surface area (Å²) >= 11 is 6.00. The van der Waals surface area contributed by atoms with Gasteiger partial charge in [-0.2, -0.15) is 0 Å². The number of para-hydroxylation sites is 2. The van der Waals surface area contributed by atoms with Crippen molar-refractivity contribution in [1.29, 1.82) is 0 Å². The molecule has 3 aromatic carbocycles. The molecule has 0 saturated heterocycles. The van der Waals surface area contributed by atoms with Gasteiger partial charge in [0, 0.05) is 21.8 Å². The molecule has 0 unspecified atom stereocenters. The van der Waals surface area contributed by atoms with Gasteiger partial charge in [-0.1, -0.05) is 54.1 Å². The summed E-state index contributed by atoms with van der Waals surface area (Å²) < 4.78 is 5.93. The zero-order valence-electron chi connectivity index (χ0n) is 12.7. The maximum Gasteiger partial charge on any atom is 0.236 e. The van der Waals surface area contributed by atoms with Gasteiger partial charge in [0.05, 0.1) is 5.92 Å². The maximum atomic E-state index is 13.0. The number of amides is 1. The Bertz CT molecular complexity index is 877. The summed E-state index contributed by atoms with van der Waals surface area (Å²) in [7, 11) is 0. The predicted octanol–water partition coefficient (Wildman–Crippen LogP) is 5.22. The molecule has 0 bridgehead atoms. The van der Waals surface area contributed by atoms with Crippen molar-refractivity contribution < 1.29 is 9.53 Å². The Kier molecular flexibility index (Phi) is 3.71. The molecule has 0 fully saturated rings. The van der Waals surface area contributed by atoms with Crippen molar-refractivity contribution in [1.82, 2.24) is 0 Å². The van der Waals surface area contributed by atoms with E-state index in [1.54, 1.807) is 12.1 Å². The second-order valence-electron chi connectivity index (χ2n) is 5.61. The minimum atomic E-state index is -0.426. The molecule has 4 heteroatoms. The van der Waals surface area contributed by atoms with Crippen molar-refractivity contribution in [3.05, 3.63) is 88.9 Å². The zero-order chi connectivity index (χ0) is 16.5. The van der Waals surface area contributed by atoms with Crippen LogP contribution in [0.15, 0.2) is 72.8 Å². The molecule has 3 aromatic rings. The number of hydrogen-bond acceptors (Lipinski definition) is 2. The van der Waals surface area contributed by atoms with Crippen molar-refractivity contribution in [2.24, 2.45) is 0 Å². The summed E-state index contributed by atoms with van der Waals surface area (Å²) in [5, 5.41) is 3.54. The van der Waals surface area contributed by atoms with Crippen LogP contribution in [0.1, 0.15) is 17.0 Å². The Balaban J connectivity index is 1.75. The van der Waals surface area contributed by atoms with Crippen LogP contribution in [0.25, 0.3) is 0 Å². The van der Waals surface area contributed by atoms with E-state index in [-0.39, 0.29) is 5.91 Å². The van der Waals surface area contributed by atoms with Gasteiger partial charge in [-0.25, -0.2) is 0 Å². The Morgan fingerprint density at radius 3 is 2.12 bits per heavy atom. The molecular weight excluding hydrogens is 322 g/mol. The van der Waals surface area contributed by atoms with Gasteiger partial charge in [0.1, 0.15) is 11.5 Å².